The smallest absolute Gasteiger partial charge is 0.175 e. The lowest BCUT2D eigenvalue weighted by Gasteiger charge is -2.06. The second-order valence-electron chi connectivity index (χ2n) is 5.60. The van der Waals surface area contributed by atoms with Crippen LogP contribution in [0, 0.1) is 0 Å². The predicted octanol–water partition coefficient (Wildman–Crippen LogP) is 3.69. The first kappa shape index (κ1) is 14.7. The third-order valence-corrected chi connectivity index (χ3v) is 5.07. The summed E-state index contributed by atoms with van der Waals surface area (Å²) in [6.45, 7) is 0. The van der Waals surface area contributed by atoms with Crippen molar-refractivity contribution in [2.45, 2.75) is 4.90 Å². The highest BCUT2D eigenvalue weighted by Gasteiger charge is 2.10. The van der Waals surface area contributed by atoms with E-state index in [1.54, 1.807) is 43.1 Å². The van der Waals surface area contributed by atoms with E-state index in [9.17, 15) is 8.42 Å². The first-order chi connectivity index (χ1) is 11.5. The van der Waals surface area contributed by atoms with E-state index < -0.39 is 9.84 Å². The summed E-state index contributed by atoms with van der Waals surface area (Å²) in [5.41, 5.74) is 4.70. The molecule has 0 amide bonds. The van der Waals surface area contributed by atoms with Crippen LogP contribution in [0.4, 0.5) is 0 Å². The summed E-state index contributed by atoms with van der Waals surface area (Å²) >= 11 is 0. The number of rotatable bonds is 3. The van der Waals surface area contributed by atoms with Crippen LogP contribution >= 0.6 is 0 Å². The number of aromatic nitrogens is 2. The van der Waals surface area contributed by atoms with Crippen LogP contribution in [0.2, 0.25) is 0 Å². The molecular weight excluding hydrogens is 324 g/mol. The Morgan fingerprint density at radius 1 is 1.00 bits per heavy atom. The molecule has 0 aliphatic heterocycles. The normalized spacial score (nSPS) is 11.9. The second-order valence-corrected chi connectivity index (χ2v) is 7.61. The van der Waals surface area contributed by atoms with Gasteiger partial charge in [0, 0.05) is 17.5 Å². The molecule has 0 fully saturated rings. The Labute approximate surface area is 139 Å². The Morgan fingerprint density at radius 3 is 2.46 bits per heavy atom. The maximum absolute atomic E-state index is 11.6. The number of hydrogen-bond acceptors (Lipinski definition) is 4. The molecule has 2 heterocycles. The number of imidazole rings is 1. The Morgan fingerprint density at radius 2 is 1.79 bits per heavy atom. The van der Waals surface area contributed by atoms with Crippen LogP contribution in [-0.2, 0) is 9.84 Å². The number of sulfone groups is 1. The lowest BCUT2D eigenvalue weighted by Crippen LogP contribution is -1.98. The molecule has 0 bridgehead atoms. The molecule has 24 heavy (non-hydrogen) atoms. The fourth-order valence-electron chi connectivity index (χ4n) is 2.68. The van der Waals surface area contributed by atoms with Gasteiger partial charge in [-0.3, -0.25) is 4.57 Å². The van der Waals surface area contributed by atoms with E-state index in [0.717, 1.165) is 27.8 Å². The summed E-state index contributed by atoms with van der Waals surface area (Å²) in [5, 5.41) is 0. The maximum atomic E-state index is 11.6. The highest BCUT2D eigenvalue weighted by atomic mass is 32.2. The monoisotopic (exact) mass is 338 g/mol. The molecule has 0 N–H and O–H groups in total. The van der Waals surface area contributed by atoms with Crippen molar-refractivity contribution in [2.75, 3.05) is 6.26 Å². The lowest BCUT2D eigenvalue weighted by atomic mass is 10.1. The standard InChI is InChI=1S/C18H14N2O3S/c1-24(21,22)16-5-3-15(4-6-16)20-12-19-17-7-2-13(10-18(17)20)14-8-9-23-11-14/h2-12H,1H3. The van der Waals surface area contributed by atoms with Gasteiger partial charge < -0.3 is 4.42 Å². The highest BCUT2D eigenvalue weighted by molar-refractivity contribution is 7.90. The van der Waals surface area contributed by atoms with Gasteiger partial charge in [-0.25, -0.2) is 13.4 Å². The quantitative estimate of drug-likeness (QED) is 0.571. The molecule has 2 aromatic carbocycles. The van der Waals surface area contributed by atoms with Gasteiger partial charge in [0.05, 0.1) is 28.5 Å². The average molecular weight is 338 g/mol. The van der Waals surface area contributed by atoms with Gasteiger partial charge in [0.25, 0.3) is 0 Å². The van der Waals surface area contributed by atoms with Crippen molar-refractivity contribution >= 4 is 20.9 Å². The maximum Gasteiger partial charge on any atom is 0.175 e. The van der Waals surface area contributed by atoms with Crippen molar-refractivity contribution in [3.05, 3.63) is 67.4 Å². The van der Waals surface area contributed by atoms with Crippen molar-refractivity contribution in [3.8, 4) is 16.8 Å². The van der Waals surface area contributed by atoms with Crippen molar-refractivity contribution in [3.63, 3.8) is 0 Å². The van der Waals surface area contributed by atoms with E-state index in [0.29, 0.717) is 4.90 Å². The fraction of sp³-hybridized carbons (Fsp3) is 0.0556. The Hall–Kier alpha value is -2.86. The van der Waals surface area contributed by atoms with E-state index in [2.05, 4.69) is 4.98 Å². The zero-order valence-corrected chi connectivity index (χ0v) is 13.7. The molecule has 0 atom stereocenters. The van der Waals surface area contributed by atoms with Gasteiger partial charge in [0.15, 0.2) is 9.84 Å². The number of hydrogen-bond donors (Lipinski definition) is 0. The summed E-state index contributed by atoms with van der Waals surface area (Å²) < 4.78 is 30.3. The van der Waals surface area contributed by atoms with Crippen LogP contribution in [0.15, 0.2) is 76.7 Å². The van der Waals surface area contributed by atoms with Gasteiger partial charge in [0.1, 0.15) is 6.33 Å². The van der Waals surface area contributed by atoms with Crippen LogP contribution < -0.4 is 0 Å². The molecule has 0 unspecified atom stereocenters. The van der Waals surface area contributed by atoms with Crippen LogP contribution in [0.1, 0.15) is 0 Å². The lowest BCUT2D eigenvalue weighted by molar-refractivity contribution is 0.568. The van der Waals surface area contributed by atoms with E-state index in [1.807, 2.05) is 28.8 Å². The number of nitrogens with zero attached hydrogens (tertiary/aromatic N) is 2. The van der Waals surface area contributed by atoms with Crippen molar-refractivity contribution in [2.24, 2.45) is 0 Å². The molecule has 4 rings (SSSR count). The van der Waals surface area contributed by atoms with Crippen LogP contribution in [0.3, 0.4) is 0 Å². The first-order valence-electron chi connectivity index (χ1n) is 7.32. The zero-order valence-electron chi connectivity index (χ0n) is 12.9. The molecule has 0 saturated carbocycles. The van der Waals surface area contributed by atoms with Crippen molar-refractivity contribution in [1.82, 2.24) is 9.55 Å². The summed E-state index contributed by atoms with van der Waals surface area (Å²) in [6.07, 6.45) is 6.27. The van der Waals surface area contributed by atoms with Crippen LogP contribution in [-0.4, -0.2) is 24.2 Å². The SMILES string of the molecule is CS(=O)(=O)c1ccc(-n2cnc3ccc(-c4ccoc4)cc32)cc1. The van der Waals surface area contributed by atoms with Gasteiger partial charge in [-0.1, -0.05) is 6.07 Å². The minimum absolute atomic E-state index is 0.301. The number of fused-ring (bicyclic) bond motifs is 1. The van der Waals surface area contributed by atoms with Gasteiger partial charge in [0.2, 0.25) is 0 Å². The molecule has 4 aromatic rings. The third kappa shape index (κ3) is 2.51. The summed E-state index contributed by atoms with van der Waals surface area (Å²) in [5.74, 6) is 0. The van der Waals surface area contributed by atoms with Crippen molar-refractivity contribution < 1.29 is 12.8 Å². The van der Waals surface area contributed by atoms with Crippen LogP contribution in [0.25, 0.3) is 27.8 Å². The van der Waals surface area contributed by atoms with Gasteiger partial charge >= 0.3 is 0 Å². The summed E-state index contributed by atoms with van der Waals surface area (Å²) in [7, 11) is -3.20. The summed E-state index contributed by atoms with van der Waals surface area (Å²) in [4.78, 5) is 4.71. The predicted molar refractivity (Wildman–Crippen MR) is 91.9 cm³/mol. The Balaban J connectivity index is 1.83. The van der Waals surface area contributed by atoms with E-state index in [4.69, 9.17) is 4.42 Å². The topological polar surface area (TPSA) is 65.1 Å². The van der Waals surface area contributed by atoms with E-state index >= 15 is 0 Å². The number of benzene rings is 2. The summed E-state index contributed by atoms with van der Waals surface area (Å²) in [6, 6.07) is 14.7. The number of furan rings is 1. The van der Waals surface area contributed by atoms with Crippen molar-refractivity contribution in [1.29, 1.82) is 0 Å². The molecular formula is C18H14N2O3S. The largest absolute Gasteiger partial charge is 0.472 e. The van der Waals surface area contributed by atoms with Crippen LogP contribution in [0.5, 0.6) is 0 Å². The van der Waals surface area contributed by atoms with Gasteiger partial charge in [-0.15, -0.1) is 0 Å². The molecule has 0 saturated heterocycles. The minimum Gasteiger partial charge on any atom is -0.472 e. The molecule has 0 aliphatic rings. The third-order valence-electron chi connectivity index (χ3n) is 3.94. The Bertz CT molecular complexity index is 1110. The molecule has 120 valence electrons. The highest BCUT2D eigenvalue weighted by Crippen LogP contribution is 2.26. The van der Waals surface area contributed by atoms with E-state index in [1.165, 1.54) is 6.26 Å². The van der Waals surface area contributed by atoms with E-state index in [-0.39, 0.29) is 0 Å². The first-order valence-corrected chi connectivity index (χ1v) is 9.22. The molecule has 2 aromatic heterocycles. The molecule has 5 nitrogen and oxygen atoms in total. The second kappa shape index (κ2) is 5.35. The Kier molecular flexibility index (Phi) is 3.28. The molecule has 0 aliphatic carbocycles. The average Bonchev–Trinajstić information content (AvgIpc) is 3.23. The van der Waals surface area contributed by atoms with Gasteiger partial charge in [-0.05, 0) is 48.0 Å². The minimum atomic E-state index is -3.20. The molecule has 6 heteroatoms. The fourth-order valence-corrected chi connectivity index (χ4v) is 3.31. The van der Waals surface area contributed by atoms with Gasteiger partial charge in [-0.2, -0.15) is 0 Å². The molecule has 0 spiro atoms. The molecule has 0 radical (unpaired) electrons. The zero-order chi connectivity index (χ0) is 16.7.